The fourth-order valence-corrected chi connectivity index (χ4v) is 7.64. The van der Waals surface area contributed by atoms with Crippen LogP contribution in [0.15, 0.2) is 109 Å². The number of quaternary nitrogens is 1. The third-order valence-electron chi connectivity index (χ3n) is 11.1. The molecule has 69 heavy (non-hydrogen) atoms. The molecular formula is C59H101NO8P+. The average molecular weight is 983 g/mol. The standard InChI is InChI=1S/C59H100NO8P/c1-6-8-10-12-14-16-18-20-22-24-25-26-27-28-29-30-31-32-33-34-35-36-38-40-42-44-46-48-50-52-59(62)68-57(56-67-69(63,64)66-54-53-60(3,4)5)55-65-58(61)51-49-47-45-43-41-39-37-23-21-19-17-15-13-11-9-7-2/h8,10,14,16,20,22,25-26,28-29,31-32,34-35,38,40,44,46,57H,6-7,9,11-13,15,17-19,21,23-24,27,30,33,36-37,39,41-43,45,47-56H2,1-5H3/p+1/b10-8-,16-14-,22-20-,26-25-,29-28-,32-31-,35-34-,40-38-,46-44-. The number of hydrogen-bond donors (Lipinski definition) is 1. The number of allylic oxidation sites excluding steroid dienone is 18. The van der Waals surface area contributed by atoms with Gasteiger partial charge in [0.25, 0.3) is 0 Å². The lowest BCUT2D eigenvalue weighted by molar-refractivity contribution is -0.870. The van der Waals surface area contributed by atoms with Crippen LogP contribution in [0.2, 0.25) is 0 Å². The van der Waals surface area contributed by atoms with Gasteiger partial charge in [0.1, 0.15) is 19.8 Å². The van der Waals surface area contributed by atoms with Gasteiger partial charge in [-0.3, -0.25) is 18.6 Å². The van der Waals surface area contributed by atoms with Crippen molar-refractivity contribution in [3.8, 4) is 0 Å². The molecule has 2 atom stereocenters. The normalized spacial score (nSPS) is 14.2. The van der Waals surface area contributed by atoms with Crippen molar-refractivity contribution >= 4 is 19.8 Å². The van der Waals surface area contributed by atoms with Gasteiger partial charge < -0.3 is 18.9 Å². The smallest absolute Gasteiger partial charge is 0.462 e. The van der Waals surface area contributed by atoms with Crippen LogP contribution >= 0.6 is 7.82 Å². The van der Waals surface area contributed by atoms with Crippen molar-refractivity contribution in [1.82, 2.24) is 0 Å². The first-order chi connectivity index (χ1) is 33.5. The predicted octanol–water partition coefficient (Wildman–Crippen LogP) is 16.6. The number of likely N-dealkylation sites (N-methyl/N-ethyl adjacent to an activating group) is 1. The number of phosphoric acid groups is 1. The van der Waals surface area contributed by atoms with Crippen molar-refractivity contribution in [1.29, 1.82) is 0 Å². The maximum Gasteiger partial charge on any atom is 0.472 e. The lowest BCUT2D eigenvalue weighted by atomic mass is 10.0. The van der Waals surface area contributed by atoms with Crippen LogP contribution < -0.4 is 0 Å². The summed E-state index contributed by atoms with van der Waals surface area (Å²) in [5, 5.41) is 0. The van der Waals surface area contributed by atoms with Gasteiger partial charge in [-0.15, -0.1) is 0 Å². The number of phosphoric ester groups is 1. The molecule has 0 saturated carbocycles. The quantitative estimate of drug-likeness (QED) is 0.0211. The molecule has 10 heteroatoms. The molecule has 0 fully saturated rings. The minimum atomic E-state index is -4.40. The number of carbonyl (C=O) groups is 2. The molecule has 0 heterocycles. The van der Waals surface area contributed by atoms with Crippen molar-refractivity contribution in [3.05, 3.63) is 109 Å². The van der Waals surface area contributed by atoms with E-state index in [0.717, 1.165) is 77.0 Å². The molecule has 0 aromatic rings. The van der Waals surface area contributed by atoms with Crippen molar-refractivity contribution in [3.63, 3.8) is 0 Å². The summed E-state index contributed by atoms with van der Waals surface area (Å²) in [6.45, 7) is 4.24. The molecule has 0 radical (unpaired) electrons. The number of carbonyl (C=O) groups excluding carboxylic acids is 2. The zero-order valence-electron chi connectivity index (χ0n) is 44.5. The third-order valence-corrected chi connectivity index (χ3v) is 12.1. The number of nitrogens with zero attached hydrogens (tertiary/aromatic N) is 1. The van der Waals surface area contributed by atoms with E-state index in [-0.39, 0.29) is 32.0 Å². The van der Waals surface area contributed by atoms with Gasteiger partial charge in [-0.2, -0.15) is 0 Å². The van der Waals surface area contributed by atoms with Crippen molar-refractivity contribution < 1.29 is 42.1 Å². The Morgan fingerprint density at radius 2 is 0.826 bits per heavy atom. The first-order valence-corrected chi connectivity index (χ1v) is 28.6. The summed E-state index contributed by atoms with van der Waals surface area (Å²) in [5.41, 5.74) is 0. The van der Waals surface area contributed by atoms with Gasteiger partial charge in [0.05, 0.1) is 27.7 Å². The highest BCUT2D eigenvalue weighted by atomic mass is 31.2. The number of hydrogen-bond acceptors (Lipinski definition) is 7. The Morgan fingerprint density at radius 1 is 0.464 bits per heavy atom. The van der Waals surface area contributed by atoms with Crippen LogP contribution in [-0.4, -0.2) is 74.9 Å². The summed E-state index contributed by atoms with van der Waals surface area (Å²) >= 11 is 0. The molecule has 0 aliphatic carbocycles. The highest BCUT2D eigenvalue weighted by Gasteiger charge is 2.27. The molecule has 0 aromatic heterocycles. The van der Waals surface area contributed by atoms with Crippen LogP contribution in [0, 0.1) is 0 Å². The Bertz CT molecular complexity index is 1530. The van der Waals surface area contributed by atoms with Crippen molar-refractivity contribution in [2.24, 2.45) is 0 Å². The Labute approximate surface area is 423 Å². The topological polar surface area (TPSA) is 108 Å². The molecule has 0 aromatic carbocycles. The molecule has 0 amide bonds. The number of rotatable bonds is 48. The van der Waals surface area contributed by atoms with Gasteiger partial charge in [0, 0.05) is 12.8 Å². The SMILES string of the molecule is CC/C=C\C/C=C\C/C=C\C/C=C\C/C=C\C/C=C\C/C=C\C/C=C\C/C=C\CCCC(=O)OC(COC(=O)CCCCCCCCCCCCCCCCCC)COP(=O)(O)OCC[N+](C)(C)C. The van der Waals surface area contributed by atoms with E-state index in [1.54, 1.807) is 0 Å². The first kappa shape index (κ1) is 65.7. The molecule has 0 saturated heterocycles. The Kier molecular flexibility index (Phi) is 47.2. The fraction of sp³-hybridized carbons (Fsp3) is 0.661. The largest absolute Gasteiger partial charge is 0.472 e. The fourth-order valence-electron chi connectivity index (χ4n) is 6.90. The van der Waals surface area contributed by atoms with Gasteiger partial charge in [-0.05, 0) is 77.0 Å². The first-order valence-electron chi connectivity index (χ1n) is 27.1. The van der Waals surface area contributed by atoms with Gasteiger partial charge >= 0.3 is 19.8 Å². The molecule has 2 unspecified atom stereocenters. The summed E-state index contributed by atoms with van der Waals surface area (Å²) < 4.78 is 34.4. The van der Waals surface area contributed by atoms with E-state index in [0.29, 0.717) is 23.9 Å². The zero-order valence-corrected chi connectivity index (χ0v) is 45.4. The maximum atomic E-state index is 12.8. The van der Waals surface area contributed by atoms with Crippen LogP contribution in [0.25, 0.3) is 0 Å². The van der Waals surface area contributed by atoms with Crippen LogP contribution in [0.1, 0.15) is 200 Å². The summed E-state index contributed by atoms with van der Waals surface area (Å²) in [6.07, 6.45) is 68.7. The lowest BCUT2D eigenvalue weighted by Crippen LogP contribution is -2.37. The molecule has 0 aliphatic rings. The highest BCUT2D eigenvalue weighted by molar-refractivity contribution is 7.47. The van der Waals surface area contributed by atoms with E-state index in [1.807, 2.05) is 27.2 Å². The molecule has 9 nitrogen and oxygen atoms in total. The summed E-state index contributed by atoms with van der Waals surface area (Å²) in [4.78, 5) is 35.6. The van der Waals surface area contributed by atoms with Gasteiger partial charge in [0.2, 0.25) is 0 Å². The van der Waals surface area contributed by atoms with Crippen molar-refractivity contribution in [2.45, 2.75) is 206 Å². The molecule has 0 spiro atoms. The monoisotopic (exact) mass is 983 g/mol. The van der Waals surface area contributed by atoms with Crippen LogP contribution in [0.3, 0.4) is 0 Å². The van der Waals surface area contributed by atoms with E-state index in [1.165, 1.54) is 83.5 Å². The molecule has 0 aliphatic heterocycles. The van der Waals surface area contributed by atoms with Crippen LogP contribution in [0.4, 0.5) is 0 Å². The molecular weight excluding hydrogens is 882 g/mol. The highest BCUT2D eigenvalue weighted by Crippen LogP contribution is 2.43. The van der Waals surface area contributed by atoms with Gasteiger partial charge in [-0.25, -0.2) is 4.57 Å². The second-order valence-electron chi connectivity index (χ2n) is 18.9. The lowest BCUT2D eigenvalue weighted by Gasteiger charge is -2.24. The summed E-state index contributed by atoms with van der Waals surface area (Å²) in [7, 11) is 1.43. The Hall–Kier alpha value is -3.33. The Balaban J connectivity index is 4.35. The Morgan fingerprint density at radius 3 is 1.22 bits per heavy atom. The van der Waals surface area contributed by atoms with Gasteiger partial charge in [0.15, 0.2) is 6.10 Å². The molecule has 0 bridgehead atoms. The number of ether oxygens (including phenoxy) is 2. The molecule has 0 rings (SSSR count). The summed E-state index contributed by atoms with van der Waals surface area (Å²) in [6, 6.07) is 0. The zero-order chi connectivity index (χ0) is 50.6. The molecule has 1 N–H and O–H groups in total. The molecule has 394 valence electrons. The second-order valence-corrected chi connectivity index (χ2v) is 20.3. The van der Waals surface area contributed by atoms with E-state index in [2.05, 4.69) is 117 Å². The van der Waals surface area contributed by atoms with Gasteiger partial charge in [-0.1, -0.05) is 220 Å². The average Bonchev–Trinajstić information content (AvgIpc) is 3.31. The van der Waals surface area contributed by atoms with Crippen LogP contribution in [0.5, 0.6) is 0 Å². The predicted molar refractivity (Wildman–Crippen MR) is 293 cm³/mol. The second kappa shape index (κ2) is 49.6. The number of esters is 2. The van der Waals surface area contributed by atoms with E-state index >= 15 is 0 Å². The van der Waals surface area contributed by atoms with E-state index < -0.39 is 26.5 Å². The number of unbranched alkanes of at least 4 members (excludes halogenated alkanes) is 16. The van der Waals surface area contributed by atoms with E-state index in [4.69, 9.17) is 18.5 Å². The van der Waals surface area contributed by atoms with Crippen molar-refractivity contribution in [2.75, 3.05) is 47.5 Å². The maximum absolute atomic E-state index is 12.8. The summed E-state index contributed by atoms with van der Waals surface area (Å²) in [5.74, 6) is -0.871. The minimum Gasteiger partial charge on any atom is -0.462 e. The van der Waals surface area contributed by atoms with Crippen LogP contribution in [-0.2, 0) is 32.7 Å². The van der Waals surface area contributed by atoms with E-state index in [9.17, 15) is 19.0 Å². The third kappa shape index (κ3) is 53.9. The minimum absolute atomic E-state index is 0.0160.